The van der Waals surface area contributed by atoms with E-state index in [-0.39, 0.29) is 25.4 Å². The molecule has 2 aromatic heterocycles. The van der Waals surface area contributed by atoms with Crippen LogP contribution in [0.4, 0.5) is 13.6 Å². The van der Waals surface area contributed by atoms with Crippen LogP contribution in [0, 0.1) is 11.6 Å². The van der Waals surface area contributed by atoms with Crippen LogP contribution in [-0.2, 0) is 24.2 Å². The minimum absolute atomic E-state index is 0.0373. The van der Waals surface area contributed by atoms with E-state index in [4.69, 9.17) is 4.74 Å². The van der Waals surface area contributed by atoms with Crippen molar-refractivity contribution in [2.24, 2.45) is 0 Å². The van der Waals surface area contributed by atoms with E-state index in [0.29, 0.717) is 28.7 Å². The molecule has 0 bridgehead atoms. The van der Waals surface area contributed by atoms with Crippen molar-refractivity contribution in [3.8, 4) is 5.69 Å². The average molecular weight is 498 g/mol. The molecule has 0 saturated heterocycles. The molecule has 3 heterocycles. The fourth-order valence-corrected chi connectivity index (χ4v) is 5.70. The highest BCUT2D eigenvalue weighted by Gasteiger charge is 2.29. The summed E-state index contributed by atoms with van der Waals surface area (Å²) in [6, 6.07) is 11.0. The Kier molecular flexibility index (Phi) is 5.98. The lowest BCUT2D eigenvalue weighted by Gasteiger charge is -2.25. The Morgan fingerprint density at radius 2 is 1.86 bits per heavy atom. The molecule has 0 radical (unpaired) electrons. The summed E-state index contributed by atoms with van der Waals surface area (Å²) in [6.45, 7) is 2.66. The number of carbonyl (C=O) groups is 1. The lowest BCUT2D eigenvalue weighted by molar-refractivity contribution is 0.103. The van der Waals surface area contributed by atoms with Gasteiger partial charge in [0.15, 0.2) is 0 Å². The van der Waals surface area contributed by atoms with Gasteiger partial charge in [-0.05, 0) is 60.9 Å². The van der Waals surface area contributed by atoms with E-state index in [2.05, 4.69) is 0 Å². The summed E-state index contributed by atoms with van der Waals surface area (Å²) in [5.41, 5.74) is 0.449. The van der Waals surface area contributed by atoms with Crippen LogP contribution in [0.5, 0.6) is 0 Å². The number of rotatable bonds is 4. The van der Waals surface area contributed by atoms with Gasteiger partial charge in [-0.1, -0.05) is 12.1 Å². The van der Waals surface area contributed by atoms with E-state index in [0.717, 1.165) is 15.0 Å². The summed E-state index contributed by atoms with van der Waals surface area (Å²) >= 11 is 1.27. The van der Waals surface area contributed by atoms with Crippen molar-refractivity contribution in [2.45, 2.75) is 26.4 Å². The van der Waals surface area contributed by atoms with Gasteiger partial charge in [0.2, 0.25) is 0 Å². The Morgan fingerprint density at radius 1 is 1.09 bits per heavy atom. The fourth-order valence-electron chi connectivity index (χ4n) is 4.35. The topological polar surface area (TPSA) is 73.5 Å². The molecule has 0 atom stereocenters. The molecule has 5 rings (SSSR count). The Hall–Kier alpha value is -3.79. The standard InChI is InChI=1S/C25H21F2N3O4S/c1-2-34-25(33)28-11-10-19-20(14-28)35-23-21(19)22(31)30(18-8-6-16(26)7-9-18)24(32)29(23)13-15-4-3-5-17(27)12-15/h3-9,12H,2,10-11,13-14H2,1H3. The van der Waals surface area contributed by atoms with Crippen LogP contribution in [0.2, 0.25) is 0 Å². The summed E-state index contributed by atoms with van der Waals surface area (Å²) in [5.74, 6) is -0.927. The second-order valence-corrected chi connectivity index (χ2v) is 9.25. The third kappa shape index (κ3) is 4.14. The molecule has 0 unspecified atom stereocenters. The van der Waals surface area contributed by atoms with Gasteiger partial charge < -0.3 is 9.64 Å². The maximum absolute atomic E-state index is 13.9. The minimum Gasteiger partial charge on any atom is -0.450 e. The first-order valence-corrected chi connectivity index (χ1v) is 11.9. The highest BCUT2D eigenvalue weighted by molar-refractivity contribution is 7.18. The number of hydrogen-bond donors (Lipinski definition) is 0. The zero-order valence-electron chi connectivity index (χ0n) is 18.8. The number of amides is 1. The lowest BCUT2D eigenvalue weighted by Crippen LogP contribution is -2.39. The van der Waals surface area contributed by atoms with Crippen molar-refractivity contribution in [1.29, 1.82) is 0 Å². The Bertz CT molecular complexity index is 1560. The Labute approximate surface area is 202 Å². The number of thiophene rings is 1. The van der Waals surface area contributed by atoms with Crippen molar-refractivity contribution < 1.29 is 18.3 Å². The number of hydrogen-bond acceptors (Lipinski definition) is 5. The first kappa shape index (κ1) is 23.0. The summed E-state index contributed by atoms with van der Waals surface area (Å²) in [5, 5.41) is 0.383. The number of fused-ring (bicyclic) bond motifs is 3. The number of halogens is 2. The van der Waals surface area contributed by atoms with Gasteiger partial charge in [-0.3, -0.25) is 9.36 Å². The molecule has 7 nitrogen and oxygen atoms in total. The molecular weight excluding hydrogens is 476 g/mol. The van der Waals surface area contributed by atoms with Gasteiger partial charge in [-0.15, -0.1) is 11.3 Å². The summed E-state index contributed by atoms with van der Waals surface area (Å²) < 4.78 is 35.0. The first-order valence-electron chi connectivity index (χ1n) is 11.1. The molecule has 180 valence electrons. The van der Waals surface area contributed by atoms with Crippen molar-refractivity contribution in [1.82, 2.24) is 14.0 Å². The van der Waals surface area contributed by atoms with Gasteiger partial charge >= 0.3 is 11.8 Å². The second kappa shape index (κ2) is 9.10. The van der Waals surface area contributed by atoms with Gasteiger partial charge in [-0.2, -0.15) is 0 Å². The summed E-state index contributed by atoms with van der Waals surface area (Å²) in [6.07, 6.45) is -0.0122. The van der Waals surface area contributed by atoms with E-state index in [1.807, 2.05) is 0 Å². The van der Waals surface area contributed by atoms with Gasteiger partial charge in [0.25, 0.3) is 5.56 Å². The van der Waals surface area contributed by atoms with Crippen molar-refractivity contribution in [3.63, 3.8) is 0 Å². The molecule has 0 N–H and O–H groups in total. The SMILES string of the molecule is CCOC(=O)N1CCc2c(sc3c2c(=O)n(-c2ccc(F)cc2)c(=O)n3Cc2cccc(F)c2)C1. The van der Waals surface area contributed by atoms with E-state index >= 15 is 0 Å². The van der Waals surface area contributed by atoms with E-state index in [1.165, 1.54) is 52.3 Å². The predicted octanol–water partition coefficient (Wildman–Crippen LogP) is 4.06. The van der Waals surface area contributed by atoms with Crippen LogP contribution in [0.1, 0.15) is 22.9 Å². The summed E-state index contributed by atoms with van der Waals surface area (Å²) in [7, 11) is 0. The molecule has 1 aliphatic rings. The van der Waals surface area contributed by atoms with E-state index in [1.54, 1.807) is 24.0 Å². The van der Waals surface area contributed by atoms with Crippen molar-refractivity contribution >= 4 is 27.6 Å². The third-order valence-corrected chi connectivity index (χ3v) is 7.20. The molecule has 10 heteroatoms. The normalized spacial score (nSPS) is 13.2. The van der Waals surface area contributed by atoms with Crippen molar-refractivity contribution in [2.75, 3.05) is 13.2 Å². The quantitative estimate of drug-likeness (QED) is 0.426. The molecule has 0 aliphatic carbocycles. The zero-order chi connectivity index (χ0) is 24.7. The zero-order valence-corrected chi connectivity index (χ0v) is 19.6. The average Bonchev–Trinajstić information content (AvgIpc) is 3.22. The van der Waals surface area contributed by atoms with Gasteiger partial charge in [0, 0.05) is 11.4 Å². The van der Waals surface area contributed by atoms with Crippen LogP contribution in [0.15, 0.2) is 58.1 Å². The van der Waals surface area contributed by atoms with Crippen LogP contribution >= 0.6 is 11.3 Å². The molecule has 0 fully saturated rings. The van der Waals surface area contributed by atoms with Crippen molar-refractivity contribution in [3.05, 3.63) is 97.0 Å². The summed E-state index contributed by atoms with van der Waals surface area (Å²) in [4.78, 5) is 42.3. The predicted molar refractivity (Wildman–Crippen MR) is 128 cm³/mol. The maximum atomic E-state index is 13.9. The molecule has 1 amide bonds. The first-order chi connectivity index (χ1) is 16.9. The largest absolute Gasteiger partial charge is 0.450 e. The second-order valence-electron chi connectivity index (χ2n) is 8.17. The third-order valence-electron chi connectivity index (χ3n) is 5.96. The molecule has 4 aromatic rings. The number of ether oxygens (including phenoxy) is 1. The highest BCUT2D eigenvalue weighted by atomic mass is 32.1. The number of aromatic nitrogens is 2. The molecular formula is C25H21F2N3O4S. The Balaban J connectivity index is 1.73. The Morgan fingerprint density at radius 3 is 2.57 bits per heavy atom. The number of carbonyl (C=O) groups excluding carboxylic acids is 1. The van der Waals surface area contributed by atoms with Crippen LogP contribution in [-0.4, -0.2) is 33.3 Å². The molecule has 0 saturated carbocycles. The maximum Gasteiger partial charge on any atom is 0.410 e. The highest BCUT2D eigenvalue weighted by Crippen LogP contribution is 2.33. The van der Waals surface area contributed by atoms with Crippen LogP contribution < -0.4 is 11.2 Å². The number of benzene rings is 2. The monoisotopic (exact) mass is 497 g/mol. The smallest absolute Gasteiger partial charge is 0.410 e. The molecule has 0 spiro atoms. The van der Waals surface area contributed by atoms with Gasteiger partial charge in [0.1, 0.15) is 16.5 Å². The van der Waals surface area contributed by atoms with E-state index < -0.39 is 29.0 Å². The van der Waals surface area contributed by atoms with E-state index in [9.17, 15) is 23.2 Å². The van der Waals surface area contributed by atoms with Crippen LogP contribution in [0.3, 0.4) is 0 Å². The van der Waals surface area contributed by atoms with Crippen LogP contribution in [0.25, 0.3) is 15.9 Å². The molecule has 2 aromatic carbocycles. The molecule has 1 aliphatic heterocycles. The van der Waals surface area contributed by atoms with Gasteiger partial charge in [-0.25, -0.2) is 22.9 Å². The number of nitrogens with zero attached hydrogens (tertiary/aromatic N) is 3. The molecule has 35 heavy (non-hydrogen) atoms. The minimum atomic E-state index is -0.612. The lowest BCUT2D eigenvalue weighted by atomic mass is 10.1. The fraction of sp³-hybridized carbons (Fsp3) is 0.240. The van der Waals surface area contributed by atoms with Gasteiger partial charge in [0.05, 0.1) is 30.8 Å².